The number of ether oxygens (including phenoxy) is 1. The van der Waals surface area contributed by atoms with Crippen molar-refractivity contribution >= 4 is 11.9 Å². The Balaban J connectivity index is 1.68. The summed E-state index contributed by atoms with van der Waals surface area (Å²) >= 11 is 0. The van der Waals surface area contributed by atoms with E-state index in [0.717, 1.165) is 16.7 Å². The summed E-state index contributed by atoms with van der Waals surface area (Å²) in [7, 11) is 0. The Morgan fingerprint density at radius 2 is 1.89 bits per heavy atom. The van der Waals surface area contributed by atoms with Crippen LogP contribution in [0, 0.1) is 5.82 Å². The van der Waals surface area contributed by atoms with Crippen LogP contribution in [0.3, 0.4) is 0 Å². The first-order chi connectivity index (χ1) is 13.4. The monoisotopic (exact) mass is 384 g/mol. The number of nitrogens with two attached hydrogens (primary N) is 1. The van der Waals surface area contributed by atoms with E-state index in [0.29, 0.717) is 13.0 Å². The molecule has 0 aromatic heterocycles. The molecule has 7 heteroatoms. The Hall–Kier alpha value is -2.77. The van der Waals surface area contributed by atoms with E-state index in [-0.39, 0.29) is 30.8 Å². The molecular formula is C21H21FN2O4. The van der Waals surface area contributed by atoms with Crippen molar-refractivity contribution < 1.29 is 23.8 Å². The van der Waals surface area contributed by atoms with E-state index in [1.807, 2.05) is 24.3 Å². The van der Waals surface area contributed by atoms with Crippen LogP contribution in [0.25, 0.3) is 0 Å². The SMILES string of the molecule is N[C@@]1(C(=O)O)COC(C(=O)N2CCc3ccccc3[C@@H]2c2ccc(F)cc2)C1. The van der Waals surface area contributed by atoms with Crippen molar-refractivity contribution in [1.29, 1.82) is 0 Å². The van der Waals surface area contributed by atoms with Crippen LogP contribution < -0.4 is 5.73 Å². The Labute approximate surface area is 161 Å². The van der Waals surface area contributed by atoms with Gasteiger partial charge in [-0.1, -0.05) is 36.4 Å². The van der Waals surface area contributed by atoms with Crippen molar-refractivity contribution in [2.75, 3.05) is 13.2 Å². The summed E-state index contributed by atoms with van der Waals surface area (Å²) in [6, 6.07) is 13.5. The van der Waals surface area contributed by atoms with E-state index in [4.69, 9.17) is 10.5 Å². The lowest BCUT2D eigenvalue weighted by Crippen LogP contribution is -2.50. The molecule has 1 fully saturated rings. The topological polar surface area (TPSA) is 92.9 Å². The largest absolute Gasteiger partial charge is 0.480 e. The van der Waals surface area contributed by atoms with Gasteiger partial charge >= 0.3 is 5.97 Å². The molecule has 0 radical (unpaired) electrons. The fraction of sp³-hybridized carbons (Fsp3) is 0.333. The number of carboxylic acid groups (broad SMARTS) is 1. The first kappa shape index (κ1) is 18.6. The van der Waals surface area contributed by atoms with E-state index in [9.17, 15) is 19.1 Å². The predicted octanol–water partition coefficient (Wildman–Crippen LogP) is 1.87. The highest BCUT2D eigenvalue weighted by Crippen LogP contribution is 2.37. The van der Waals surface area contributed by atoms with Gasteiger partial charge in [-0.3, -0.25) is 9.59 Å². The van der Waals surface area contributed by atoms with Crippen molar-refractivity contribution in [3.8, 4) is 0 Å². The van der Waals surface area contributed by atoms with Crippen molar-refractivity contribution in [2.45, 2.75) is 30.5 Å². The molecule has 2 heterocycles. The maximum absolute atomic E-state index is 13.4. The van der Waals surface area contributed by atoms with E-state index in [2.05, 4.69) is 0 Å². The third-order valence-corrected chi connectivity index (χ3v) is 5.55. The van der Waals surface area contributed by atoms with Crippen molar-refractivity contribution in [3.05, 3.63) is 71.0 Å². The lowest BCUT2D eigenvalue weighted by molar-refractivity contribution is -0.144. The zero-order valence-electron chi connectivity index (χ0n) is 15.2. The zero-order chi connectivity index (χ0) is 19.9. The molecule has 28 heavy (non-hydrogen) atoms. The minimum Gasteiger partial charge on any atom is -0.480 e. The highest BCUT2D eigenvalue weighted by atomic mass is 19.1. The van der Waals surface area contributed by atoms with Gasteiger partial charge in [-0.25, -0.2) is 4.39 Å². The molecule has 0 aliphatic carbocycles. The van der Waals surface area contributed by atoms with Crippen LogP contribution in [0.5, 0.6) is 0 Å². The molecule has 4 rings (SSSR count). The minimum atomic E-state index is -1.56. The average molecular weight is 384 g/mol. The summed E-state index contributed by atoms with van der Waals surface area (Å²) in [5, 5.41) is 9.30. The quantitative estimate of drug-likeness (QED) is 0.843. The number of fused-ring (bicyclic) bond motifs is 1. The second-order valence-corrected chi connectivity index (χ2v) is 7.40. The molecule has 3 N–H and O–H groups in total. The fourth-order valence-electron chi connectivity index (χ4n) is 4.00. The van der Waals surface area contributed by atoms with Gasteiger partial charge in [-0.05, 0) is 35.2 Å². The standard InChI is InChI=1S/C21H21FN2O4/c22-15-7-5-14(6-8-15)18-16-4-2-1-3-13(16)9-10-24(18)19(25)17-11-21(23,12-28-17)20(26)27/h1-8,17-18H,9-12,23H2,(H,26,27)/t17?,18-,21+/m0/s1. The Kier molecular flexibility index (Phi) is 4.64. The van der Waals surface area contributed by atoms with Crippen LogP contribution in [-0.2, 0) is 20.7 Å². The normalized spacial score (nSPS) is 26.7. The first-order valence-electron chi connectivity index (χ1n) is 9.17. The number of aliphatic carboxylic acids is 1. The van der Waals surface area contributed by atoms with Gasteiger partial charge in [0.2, 0.25) is 0 Å². The van der Waals surface area contributed by atoms with Gasteiger partial charge in [-0.2, -0.15) is 0 Å². The highest BCUT2D eigenvalue weighted by molar-refractivity contribution is 5.86. The second-order valence-electron chi connectivity index (χ2n) is 7.40. The molecule has 0 saturated carbocycles. The summed E-state index contributed by atoms with van der Waals surface area (Å²) < 4.78 is 18.9. The molecule has 0 spiro atoms. The summed E-state index contributed by atoms with van der Waals surface area (Å²) in [6.07, 6.45) is -0.302. The third kappa shape index (κ3) is 3.16. The number of halogens is 1. The number of hydrogen-bond acceptors (Lipinski definition) is 4. The zero-order valence-corrected chi connectivity index (χ0v) is 15.2. The van der Waals surface area contributed by atoms with Gasteiger partial charge in [0.05, 0.1) is 12.6 Å². The van der Waals surface area contributed by atoms with Gasteiger partial charge in [0.1, 0.15) is 17.5 Å². The Bertz CT molecular complexity index is 917. The molecule has 2 aliphatic heterocycles. The molecule has 1 saturated heterocycles. The molecule has 2 aliphatic rings. The summed E-state index contributed by atoms with van der Waals surface area (Å²) in [6.45, 7) is 0.257. The number of carbonyl (C=O) groups excluding carboxylic acids is 1. The Morgan fingerprint density at radius 3 is 2.57 bits per heavy atom. The Morgan fingerprint density at radius 1 is 1.18 bits per heavy atom. The van der Waals surface area contributed by atoms with Gasteiger partial charge in [-0.15, -0.1) is 0 Å². The van der Waals surface area contributed by atoms with Crippen LogP contribution in [0.4, 0.5) is 4.39 Å². The van der Waals surface area contributed by atoms with Crippen molar-refractivity contribution in [2.24, 2.45) is 5.73 Å². The maximum atomic E-state index is 13.4. The molecule has 6 nitrogen and oxygen atoms in total. The summed E-state index contributed by atoms with van der Waals surface area (Å²) in [5.74, 6) is -1.82. The van der Waals surface area contributed by atoms with Gasteiger partial charge < -0.3 is 20.5 Å². The van der Waals surface area contributed by atoms with Gasteiger partial charge in [0, 0.05) is 13.0 Å². The van der Waals surface area contributed by atoms with Gasteiger partial charge in [0.15, 0.2) is 0 Å². The van der Waals surface area contributed by atoms with Gasteiger partial charge in [0.25, 0.3) is 5.91 Å². The molecule has 2 aromatic carbocycles. The number of nitrogens with zero attached hydrogens (tertiary/aromatic N) is 1. The smallest absolute Gasteiger partial charge is 0.326 e. The molecule has 146 valence electrons. The highest BCUT2D eigenvalue weighted by Gasteiger charge is 2.48. The number of carboxylic acids is 1. The van der Waals surface area contributed by atoms with Crippen molar-refractivity contribution in [1.82, 2.24) is 4.90 Å². The lowest BCUT2D eigenvalue weighted by Gasteiger charge is -2.39. The van der Waals surface area contributed by atoms with Crippen LogP contribution >= 0.6 is 0 Å². The number of benzene rings is 2. The van der Waals surface area contributed by atoms with E-state index >= 15 is 0 Å². The fourth-order valence-corrected chi connectivity index (χ4v) is 4.00. The second kappa shape index (κ2) is 7.00. The van der Waals surface area contributed by atoms with E-state index < -0.39 is 17.6 Å². The number of carbonyl (C=O) groups is 2. The first-order valence-corrected chi connectivity index (χ1v) is 9.17. The molecule has 2 aromatic rings. The van der Waals surface area contributed by atoms with Crippen LogP contribution in [0.1, 0.15) is 29.2 Å². The average Bonchev–Trinajstić information content (AvgIpc) is 3.11. The lowest BCUT2D eigenvalue weighted by atomic mass is 9.87. The van der Waals surface area contributed by atoms with E-state index in [1.54, 1.807) is 17.0 Å². The molecule has 0 bridgehead atoms. The molecule has 1 unspecified atom stereocenters. The van der Waals surface area contributed by atoms with E-state index in [1.165, 1.54) is 12.1 Å². The van der Waals surface area contributed by atoms with Crippen LogP contribution in [-0.4, -0.2) is 46.7 Å². The van der Waals surface area contributed by atoms with Crippen molar-refractivity contribution in [3.63, 3.8) is 0 Å². The number of amides is 1. The van der Waals surface area contributed by atoms with Crippen LogP contribution in [0.15, 0.2) is 48.5 Å². The number of hydrogen-bond donors (Lipinski definition) is 2. The maximum Gasteiger partial charge on any atom is 0.326 e. The molecule has 1 amide bonds. The number of rotatable bonds is 3. The predicted molar refractivity (Wildman–Crippen MR) is 99.0 cm³/mol. The minimum absolute atomic E-state index is 0.0740. The van der Waals surface area contributed by atoms with Crippen LogP contribution in [0.2, 0.25) is 0 Å². The summed E-state index contributed by atoms with van der Waals surface area (Å²) in [5.41, 5.74) is 7.20. The third-order valence-electron chi connectivity index (χ3n) is 5.55. The summed E-state index contributed by atoms with van der Waals surface area (Å²) in [4.78, 5) is 26.3. The molecule has 3 atom stereocenters. The molecular weight excluding hydrogens is 363 g/mol.